The van der Waals surface area contributed by atoms with E-state index < -0.39 is 0 Å². The number of aromatic nitrogens is 3. The van der Waals surface area contributed by atoms with Crippen LogP contribution in [0.15, 0.2) is 23.4 Å². The van der Waals surface area contributed by atoms with Crippen LogP contribution in [0.2, 0.25) is 0 Å². The van der Waals surface area contributed by atoms with Crippen LogP contribution < -0.4 is 5.73 Å². The van der Waals surface area contributed by atoms with E-state index in [2.05, 4.69) is 15.5 Å². The van der Waals surface area contributed by atoms with Gasteiger partial charge in [0.25, 0.3) is 0 Å². The van der Waals surface area contributed by atoms with Gasteiger partial charge in [-0.25, -0.2) is 4.68 Å². The van der Waals surface area contributed by atoms with E-state index in [0.29, 0.717) is 11.6 Å². The van der Waals surface area contributed by atoms with Gasteiger partial charge in [0.15, 0.2) is 5.84 Å². The second-order valence-electron chi connectivity index (χ2n) is 4.66. The van der Waals surface area contributed by atoms with Crippen LogP contribution in [0.4, 0.5) is 0 Å². The molecule has 1 fully saturated rings. The molecule has 1 saturated carbocycles. The van der Waals surface area contributed by atoms with Gasteiger partial charge in [-0.1, -0.05) is 23.2 Å². The van der Waals surface area contributed by atoms with Crippen molar-refractivity contribution in [3.05, 3.63) is 23.8 Å². The van der Waals surface area contributed by atoms with E-state index in [0.717, 1.165) is 11.0 Å². The summed E-state index contributed by atoms with van der Waals surface area (Å²) in [6.07, 6.45) is 4.85. The Bertz CT molecular complexity index is 598. The lowest BCUT2D eigenvalue weighted by Gasteiger charge is -2.09. The predicted octanol–water partition coefficient (Wildman–Crippen LogP) is 1.64. The molecule has 1 aliphatic rings. The van der Waals surface area contributed by atoms with E-state index in [1.165, 1.54) is 25.7 Å². The zero-order valence-corrected chi connectivity index (χ0v) is 9.95. The smallest absolute Gasteiger partial charge is 0.170 e. The van der Waals surface area contributed by atoms with Crippen LogP contribution in [0, 0.1) is 0 Å². The molecule has 0 amide bonds. The summed E-state index contributed by atoms with van der Waals surface area (Å²) >= 11 is 0. The summed E-state index contributed by atoms with van der Waals surface area (Å²) < 4.78 is 2.00. The van der Waals surface area contributed by atoms with Crippen LogP contribution in [0.3, 0.4) is 0 Å². The molecule has 0 aliphatic heterocycles. The maximum Gasteiger partial charge on any atom is 0.170 e. The van der Waals surface area contributed by atoms with Crippen molar-refractivity contribution in [2.24, 2.45) is 10.9 Å². The van der Waals surface area contributed by atoms with Gasteiger partial charge in [0.2, 0.25) is 0 Å². The second kappa shape index (κ2) is 4.29. The molecule has 0 radical (unpaired) electrons. The van der Waals surface area contributed by atoms with E-state index in [1.54, 1.807) is 6.07 Å². The maximum atomic E-state index is 8.66. The van der Waals surface area contributed by atoms with Gasteiger partial charge in [-0.05, 0) is 31.0 Å². The Morgan fingerprint density at radius 3 is 2.89 bits per heavy atom. The van der Waals surface area contributed by atoms with Crippen LogP contribution in [0.5, 0.6) is 0 Å². The molecule has 0 spiro atoms. The molecule has 2 aromatic rings. The van der Waals surface area contributed by atoms with Crippen molar-refractivity contribution in [3.63, 3.8) is 0 Å². The highest BCUT2D eigenvalue weighted by molar-refractivity contribution is 5.99. The van der Waals surface area contributed by atoms with Gasteiger partial charge in [0.1, 0.15) is 5.52 Å². The van der Waals surface area contributed by atoms with Crippen molar-refractivity contribution < 1.29 is 5.21 Å². The Morgan fingerprint density at radius 2 is 2.17 bits per heavy atom. The van der Waals surface area contributed by atoms with Crippen molar-refractivity contribution in [1.82, 2.24) is 15.0 Å². The van der Waals surface area contributed by atoms with E-state index >= 15 is 0 Å². The first kappa shape index (κ1) is 11.0. The number of benzene rings is 1. The molecule has 0 atom stereocenters. The van der Waals surface area contributed by atoms with Crippen LogP contribution in [-0.4, -0.2) is 26.0 Å². The standard InChI is InChI=1S/C12H15N5O/c13-12(15-18)8-5-6-11-10(7-8)14-16-17(11)9-3-1-2-4-9/h5-7,9,18H,1-4H2,(H2,13,15). The topological polar surface area (TPSA) is 89.3 Å². The molecule has 0 unspecified atom stereocenters. The summed E-state index contributed by atoms with van der Waals surface area (Å²) in [6, 6.07) is 6.01. The Hall–Kier alpha value is -2.11. The summed E-state index contributed by atoms with van der Waals surface area (Å²) in [7, 11) is 0. The number of amidine groups is 1. The van der Waals surface area contributed by atoms with Crippen molar-refractivity contribution in [2.45, 2.75) is 31.7 Å². The zero-order chi connectivity index (χ0) is 12.5. The number of oxime groups is 1. The minimum Gasteiger partial charge on any atom is -0.409 e. The van der Waals surface area contributed by atoms with Gasteiger partial charge in [-0.2, -0.15) is 0 Å². The molecule has 1 heterocycles. The molecule has 18 heavy (non-hydrogen) atoms. The van der Waals surface area contributed by atoms with Crippen molar-refractivity contribution >= 4 is 16.9 Å². The monoisotopic (exact) mass is 245 g/mol. The third-order valence-electron chi connectivity index (χ3n) is 3.55. The molecular formula is C12H15N5O. The summed E-state index contributed by atoms with van der Waals surface area (Å²) in [5.41, 5.74) is 8.01. The van der Waals surface area contributed by atoms with Gasteiger partial charge in [-0.3, -0.25) is 0 Å². The van der Waals surface area contributed by atoms with Gasteiger partial charge >= 0.3 is 0 Å². The number of rotatable bonds is 2. The third kappa shape index (κ3) is 1.70. The molecule has 0 bridgehead atoms. The van der Waals surface area contributed by atoms with Gasteiger partial charge < -0.3 is 10.9 Å². The Labute approximate surface area is 104 Å². The maximum absolute atomic E-state index is 8.66. The highest BCUT2D eigenvalue weighted by Crippen LogP contribution is 2.31. The molecular weight excluding hydrogens is 230 g/mol. The molecule has 1 aromatic carbocycles. The third-order valence-corrected chi connectivity index (χ3v) is 3.55. The highest BCUT2D eigenvalue weighted by atomic mass is 16.4. The summed E-state index contributed by atoms with van der Waals surface area (Å²) in [5.74, 6) is 0.0901. The first-order chi connectivity index (χ1) is 8.79. The minimum atomic E-state index is 0.0901. The lowest BCUT2D eigenvalue weighted by Crippen LogP contribution is -2.12. The summed E-state index contributed by atoms with van der Waals surface area (Å²) in [5, 5.41) is 20.0. The molecule has 1 aromatic heterocycles. The largest absolute Gasteiger partial charge is 0.409 e. The van der Waals surface area contributed by atoms with Gasteiger partial charge in [-0.15, -0.1) is 5.10 Å². The lowest BCUT2D eigenvalue weighted by atomic mass is 10.1. The average Bonchev–Trinajstić information content (AvgIpc) is 3.05. The van der Waals surface area contributed by atoms with Crippen LogP contribution >= 0.6 is 0 Å². The molecule has 3 rings (SSSR count). The number of nitrogens with two attached hydrogens (primary N) is 1. The predicted molar refractivity (Wildman–Crippen MR) is 67.5 cm³/mol. The highest BCUT2D eigenvalue weighted by Gasteiger charge is 2.20. The first-order valence-corrected chi connectivity index (χ1v) is 6.12. The van der Waals surface area contributed by atoms with Crippen molar-refractivity contribution in [3.8, 4) is 0 Å². The van der Waals surface area contributed by atoms with E-state index in [-0.39, 0.29) is 5.84 Å². The fourth-order valence-corrected chi connectivity index (χ4v) is 2.58. The SMILES string of the molecule is NC(=NO)c1ccc2c(c1)nnn2C1CCCC1. The average molecular weight is 245 g/mol. The number of nitrogens with zero attached hydrogens (tertiary/aromatic N) is 4. The molecule has 3 N–H and O–H groups in total. The zero-order valence-electron chi connectivity index (χ0n) is 9.95. The number of fused-ring (bicyclic) bond motifs is 1. The first-order valence-electron chi connectivity index (χ1n) is 6.12. The van der Waals surface area contributed by atoms with Crippen molar-refractivity contribution in [2.75, 3.05) is 0 Å². The number of hydrogen-bond acceptors (Lipinski definition) is 4. The molecule has 94 valence electrons. The fraction of sp³-hybridized carbons (Fsp3) is 0.417. The molecule has 0 saturated heterocycles. The minimum absolute atomic E-state index is 0.0901. The summed E-state index contributed by atoms with van der Waals surface area (Å²) in [4.78, 5) is 0. The summed E-state index contributed by atoms with van der Waals surface area (Å²) in [6.45, 7) is 0. The lowest BCUT2D eigenvalue weighted by molar-refractivity contribution is 0.318. The molecule has 6 heteroatoms. The molecule has 1 aliphatic carbocycles. The normalized spacial score (nSPS) is 17.7. The van der Waals surface area contributed by atoms with E-state index in [1.807, 2.05) is 16.8 Å². The second-order valence-corrected chi connectivity index (χ2v) is 4.66. The van der Waals surface area contributed by atoms with Crippen LogP contribution in [-0.2, 0) is 0 Å². The quantitative estimate of drug-likeness (QED) is 0.364. The van der Waals surface area contributed by atoms with E-state index in [4.69, 9.17) is 10.9 Å². The van der Waals surface area contributed by atoms with Crippen LogP contribution in [0.1, 0.15) is 37.3 Å². The Kier molecular flexibility index (Phi) is 2.62. The Morgan fingerprint density at radius 1 is 1.39 bits per heavy atom. The van der Waals surface area contributed by atoms with Gasteiger partial charge in [0.05, 0.1) is 11.6 Å². The number of hydrogen-bond donors (Lipinski definition) is 2. The molecule has 6 nitrogen and oxygen atoms in total. The van der Waals surface area contributed by atoms with Crippen molar-refractivity contribution in [1.29, 1.82) is 0 Å². The Balaban J connectivity index is 2.04. The van der Waals surface area contributed by atoms with E-state index in [9.17, 15) is 0 Å². The van der Waals surface area contributed by atoms with Crippen LogP contribution in [0.25, 0.3) is 11.0 Å². The van der Waals surface area contributed by atoms with Gasteiger partial charge in [0, 0.05) is 5.56 Å². The fourth-order valence-electron chi connectivity index (χ4n) is 2.58.